The lowest BCUT2D eigenvalue weighted by molar-refractivity contribution is 0.182. The standard InChI is InChI=1S/C17H34N2S/c1-20-14-8-2-6-12-18-16-10-4-3-9-15(16)17-11-5-7-13-19-17/h15-19H,2-14H2,1H3. The predicted molar refractivity (Wildman–Crippen MR) is 91.6 cm³/mol. The van der Waals surface area contributed by atoms with Gasteiger partial charge in [0.15, 0.2) is 0 Å². The number of nitrogens with one attached hydrogen (secondary N) is 2. The van der Waals surface area contributed by atoms with Gasteiger partial charge in [-0.1, -0.05) is 25.7 Å². The molecule has 2 aliphatic rings. The molecule has 1 aliphatic heterocycles. The molecule has 1 saturated heterocycles. The molecule has 0 radical (unpaired) electrons. The van der Waals surface area contributed by atoms with E-state index in [-0.39, 0.29) is 0 Å². The van der Waals surface area contributed by atoms with E-state index >= 15 is 0 Å². The molecule has 118 valence electrons. The summed E-state index contributed by atoms with van der Waals surface area (Å²) in [4.78, 5) is 0. The summed E-state index contributed by atoms with van der Waals surface area (Å²) in [7, 11) is 0. The van der Waals surface area contributed by atoms with Gasteiger partial charge >= 0.3 is 0 Å². The van der Waals surface area contributed by atoms with Gasteiger partial charge in [-0.25, -0.2) is 0 Å². The Labute approximate surface area is 130 Å². The van der Waals surface area contributed by atoms with Crippen molar-refractivity contribution >= 4 is 11.8 Å². The van der Waals surface area contributed by atoms with E-state index in [4.69, 9.17) is 0 Å². The van der Waals surface area contributed by atoms with Crippen LogP contribution in [0.2, 0.25) is 0 Å². The monoisotopic (exact) mass is 298 g/mol. The van der Waals surface area contributed by atoms with E-state index < -0.39 is 0 Å². The predicted octanol–water partition coefficient (Wildman–Crippen LogP) is 3.81. The lowest BCUT2D eigenvalue weighted by Gasteiger charge is -2.40. The van der Waals surface area contributed by atoms with Crippen LogP contribution >= 0.6 is 11.8 Å². The second-order valence-electron chi connectivity index (χ2n) is 6.62. The van der Waals surface area contributed by atoms with Crippen molar-refractivity contribution in [1.29, 1.82) is 0 Å². The first-order valence-corrected chi connectivity index (χ1v) is 10.3. The molecule has 2 rings (SSSR count). The minimum absolute atomic E-state index is 0.792. The molecule has 1 aliphatic carbocycles. The van der Waals surface area contributed by atoms with Gasteiger partial charge in [-0.15, -0.1) is 0 Å². The smallest absolute Gasteiger partial charge is 0.0110 e. The highest BCUT2D eigenvalue weighted by Crippen LogP contribution is 2.30. The maximum Gasteiger partial charge on any atom is 0.0110 e. The molecule has 3 heteroatoms. The first-order valence-electron chi connectivity index (χ1n) is 8.87. The fourth-order valence-electron chi connectivity index (χ4n) is 3.97. The summed E-state index contributed by atoms with van der Waals surface area (Å²) in [5.41, 5.74) is 0. The maximum absolute atomic E-state index is 3.90. The van der Waals surface area contributed by atoms with Crippen LogP contribution in [-0.2, 0) is 0 Å². The summed E-state index contributed by atoms with van der Waals surface area (Å²) in [6.07, 6.45) is 16.3. The van der Waals surface area contributed by atoms with Crippen LogP contribution < -0.4 is 10.6 Å². The SMILES string of the molecule is CSCCCCCNC1CCCCC1C1CCCCN1. The second kappa shape index (κ2) is 10.1. The third-order valence-corrected chi connectivity index (χ3v) is 5.81. The van der Waals surface area contributed by atoms with Gasteiger partial charge < -0.3 is 10.6 Å². The molecule has 0 spiro atoms. The topological polar surface area (TPSA) is 24.1 Å². The van der Waals surface area contributed by atoms with E-state index in [1.54, 1.807) is 0 Å². The molecule has 0 aromatic rings. The summed E-state index contributed by atoms with van der Waals surface area (Å²) in [5, 5.41) is 7.69. The van der Waals surface area contributed by atoms with Crippen LogP contribution in [0.1, 0.15) is 64.2 Å². The number of piperidine rings is 1. The summed E-state index contributed by atoms with van der Waals surface area (Å²) < 4.78 is 0. The molecular weight excluding hydrogens is 264 g/mol. The van der Waals surface area contributed by atoms with Gasteiger partial charge in [-0.3, -0.25) is 0 Å². The van der Waals surface area contributed by atoms with Crippen LogP contribution in [0.5, 0.6) is 0 Å². The zero-order valence-corrected chi connectivity index (χ0v) is 14.1. The van der Waals surface area contributed by atoms with Gasteiger partial charge in [-0.2, -0.15) is 11.8 Å². The normalized spacial score (nSPS) is 31.4. The molecule has 20 heavy (non-hydrogen) atoms. The summed E-state index contributed by atoms with van der Waals surface area (Å²) in [6, 6.07) is 1.60. The molecular formula is C17H34N2S. The summed E-state index contributed by atoms with van der Waals surface area (Å²) in [5.74, 6) is 2.23. The number of hydrogen-bond acceptors (Lipinski definition) is 3. The Morgan fingerprint density at radius 2 is 1.85 bits per heavy atom. The van der Waals surface area contributed by atoms with E-state index in [0.29, 0.717) is 0 Å². The fraction of sp³-hybridized carbons (Fsp3) is 1.00. The van der Waals surface area contributed by atoms with Crippen LogP contribution in [0.4, 0.5) is 0 Å². The number of hydrogen-bond donors (Lipinski definition) is 2. The largest absolute Gasteiger partial charge is 0.314 e. The van der Waals surface area contributed by atoms with Crippen LogP contribution in [0, 0.1) is 5.92 Å². The Balaban J connectivity index is 1.67. The van der Waals surface area contributed by atoms with Gasteiger partial charge in [0, 0.05) is 12.1 Å². The van der Waals surface area contributed by atoms with Crippen molar-refractivity contribution < 1.29 is 0 Å². The molecule has 2 N–H and O–H groups in total. The number of rotatable bonds is 8. The summed E-state index contributed by atoms with van der Waals surface area (Å²) in [6.45, 7) is 2.49. The Morgan fingerprint density at radius 1 is 1.00 bits per heavy atom. The van der Waals surface area contributed by atoms with Gasteiger partial charge in [0.1, 0.15) is 0 Å². The lowest BCUT2D eigenvalue weighted by Crippen LogP contribution is -2.50. The van der Waals surface area contributed by atoms with Crippen molar-refractivity contribution in [3.8, 4) is 0 Å². The molecule has 0 aromatic heterocycles. The van der Waals surface area contributed by atoms with Crippen LogP contribution in [0.15, 0.2) is 0 Å². The maximum atomic E-state index is 3.90. The van der Waals surface area contributed by atoms with E-state index in [9.17, 15) is 0 Å². The quantitative estimate of drug-likeness (QED) is 0.666. The van der Waals surface area contributed by atoms with Gasteiger partial charge in [0.05, 0.1) is 0 Å². The highest BCUT2D eigenvalue weighted by Gasteiger charge is 2.31. The molecule has 2 fully saturated rings. The van der Waals surface area contributed by atoms with Crippen molar-refractivity contribution in [2.24, 2.45) is 5.92 Å². The average molecular weight is 299 g/mol. The minimum atomic E-state index is 0.792. The zero-order chi connectivity index (χ0) is 14.0. The van der Waals surface area contributed by atoms with Crippen molar-refractivity contribution in [1.82, 2.24) is 10.6 Å². The van der Waals surface area contributed by atoms with Crippen molar-refractivity contribution in [3.05, 3.63) is 0 Å². The zero-order valence-electron chi connectivity index (χ0n) is 13.3. The highest BCUT2D eigenvalue weighted by atomic mass is 32.2. The van der Waals surface area contributed by atoms with Gasteiger partial charge in [0.25, 0.3) is 0 Å². The van der Waals surface area contributed by atoms with E-state index in [0.717, 1.165) is 18.0 Å². The van der Waals surface area contributed by atoms with Crippen molar-refractivity contribution in [3.63, 3.8) is 0 Å². The first-order chi connectivity index (χ1) is 9.92. The molecule has 1 saturated carbocycles. The molecule has 3 unspecified atom stereocenters. The van der Waals surface area contributed by atoms with Gasteiger partial charge in [-0.05, 0) is 69.5 Å². The molecule has 2 nitrogen and oxygen atoms in total. The molecule has 3 atom stereocenters. The minimum Gasteiger partial charge on any atom is -0.314 e. The summed E-state index contributed by atoms with van der Waals surface area (Å²) >= 11 is 1.98. The number of thioether (sulfide) groups is 1. The Kier molecular flexibility index (Phi) is 8.38. The number of unbranched alkanes of at least 4 members (excludes halogenated alkanes) is 2. The lowest BCUT2D eigenvalue weighted by atomic mass is 9.77. The van der Waals surface area contributed by atoms with Crippen molar-refractivity contribution in [2.75, 3.05) is 25.1 Å². The van der Waals surface area contributed by atoms with Gasteiger partial charge in [0.2, 0.25) is 0 Å². The molecule has 1 heterocycles. The van der Waals surface area contributed by atoms with E-state index in [1.165, 1.54) is 83.1 Å². The molecule has 0 aromatic carbocycles. The highest BCUT2D eigenvalue weighted by molar-refractivity contribution is 7.98. The second-order valence-corrected chi connectivity index (χ2v) is 7.60. The Bertz CT molecular complexity index is 241. The van der Waals surface area contributed by atoms with Crippen LogP contribution in [0.3, 0.4) is 0 Å². The van der Waals surface area contributed by atoms with E-state index in [1.807, 2.05) is 11.8 Å². The molecule has 0 bridgehead atoms. The Morgan fingerprint density at radius 3 is 2.65 bits per heavy atom. The molecule has 0 amide bonds. The Hall–Kier alpha value is 0.270. The first kappa shape index (κ1) is 16.6. The fourth-order valence-corrected chi connectivity index (χ4v) is 4.47. The average Bonchev–Trinajstić information content (AvgIpc) is 2.52. The van der Waals surface area contributed by atoms with Crippen LogP contribution in [-0.4, -0.2) is 37.2 Å². The van der Waals surface area contributed by atoms with E-state index in [2.05, 4.69) is 16.9 Å². The van der Waals surface area contributed by atoms with Crippen molar-refractivity contribution in [2.45, 2.75) is 76.3 Å². The third kappa shape index (κ3) is 5.57. The third-order valence-electron chi connectivity index (χ3n) is 5.12. The van der Waals surface area contributed by atoms with Crippen LogP contribution in [0.25, 0.3) is 0 Å².